The molecular formula is C22H31N5O2. The zero-order valence-electron chi connectivity index (χ0n) is 17.6. The first-order valence-electron chi connectivity index (χ1n) is 10.5. The number of carbonyl (C=O) groups excluding carboxylic acids is 1. The largest absolute Gasteiger partial charge is 0.450 e. The van der Waals surface area contributed by atoms with Gasteiger partial charge < -0.3 is 20.3 Å². The molecule has 1 fully saturated rings. The van der Waals surface area contributed by atoms with E-state index in [0.29, 0.717) is 25.6 Å². The predicted molar refractivity (Wildman–Crippen MR) is 116 cm³/mol. The van der Waals surface area contributed by atoms with Crippen molar-refractivity contribution in [3.63, 3.8) is 0 Å². The molecule has 3 rings (SSSR count). The Morgan fingerprint density at radius 1 is 1.14 bits per heavy atom. The number of aromatic nitrogens is 2. The predicted octanol–water partition coefficient (Wildman–Crippen LogP) is 4.38. The lowest BCUT2D eigenvalue weighted by Crippen LogP contribution is -2.42. The van der Waals surface area contributed by atoms with Gasteiger partial charge in [0.25, 0.3) is 0 Å². The van der Waals surface area contributed by atoms with Crippen molar-refractivity contribution in [3.8, 4) is 0 Å². The highest BCUT2D eigenvalue weighted by Gasteiger charge is 2.24. The van der Waals surface area contributed by atoms with Crippen molar-refractivity contribution in [2.45, 2.75) is 52.5 Å². The average Bonchev–Trinajstić information content (AvgIpc) is 2.75. The first-order chi connectivity index (χ1) is 14.1. The Kier molecular flexibility index (Phi) is 7.27. The summed E-state index contributed by atoms with van der Waals surface area (Å²) >= 11 is 0. The fourth-order valence-corrected chi connectivity index (χ4v) is 3.63. The highest BCUT2D eigenvalue weighted by molar-refractivity contribution is 5.68. The van der Waals surface area contributed by atoms with Gasteiger partial charge in [0.15, 0.2) is 0 Å². The second-order valence-corrected chi connectivity index (χ2v) is 7.15. The number of anilines is 3. The number of nitrogens with zero attached hydrogens (tertiary/aromatic N) is 3. The third-order valence-corrected chi connectivity index (χ3v) is 5.26. The Morgan fingerprint density at radius 2 is 1.83 bits per heavy atom. The van der Waals surface area contributed by atoms with Gasteiger partial charge in [-0.1, -0.05) is 32.0 Å². The van der Waals surface area contributed by atoms with E-state index in [-0.39, 0.29) is 12.1 Å². The summed E-state index contributed by atoms with van der Waals surface area (Å²) in [6.07, 6.45) is 5.16. The Labute approximate surface area is 172 Å². The number of likely N-dealkylation sites (tertiary alicyclic amines) is 1. The molecule has 1 aliphatic rings. The van der Waals surface area contributed by atoms with Crippen LogP contribution in [-0.2, 0) is 17.6 Å². The fraction of sp³-hybridized carbons (Fsp3) is 0.500. The van der Waals surface area contributed by atoms with Gasteiger partial charge in [-0.25, -0.2) is 9.78 Å². The Balaban J connectivity index is 1.63. The molecule has 2 aromatic rings. The topological polar surface area (TPSA) is 79.4 Å². The summed E-state index contributed by atoms with van der Waals surface area (Å²) in [6.45, 7) is 7.92. The zero-order chi connectivity index (χ0) is 20.6. The normalized spacial score (nSPS) is 14.5. The van der Waals surface area contributed by atoms with Crippen LogP contribution in [0.3, 0.4) is 0 Å². The van der Waals surface area contributed by atoms with Crippen LogP contribution < -0.4 is 10.6 Å². The van der Waals surface area contributed by atoms with E-state index >= 15 is 0 Å². The zero-order valence-corrected chi connectivity index (χ0v) is 17.6. The van der Waals surface area contributed by atoms with Crippen molar-refractivity contribution in [3.05, 3.63) is 41.6 Å². The molecule has 29 heavy (non-hydrogen) atoms. The molecule has 0 saturated carbocycles. The van der Waals surface area contributed by atoms with E-state index in [2.05, 4.69) is 52.6 Å². The van der Waals surface area contributed by atoms with Crippen molar-refractivity contribution in [1.29, 1.82) is 0 Å². The minimum absolute atomic E-state index is 0.227. The number of para-hydroxylation sites is 1. The van der Waals surface area contributed by atoms with Crippen LogP contribution >= 0.6 is 0 Å². The average molecular weight is 398 g/mol. The molecule has 0 spiro atoms. The minimum Gasteiger partial charge on any atom is -0.450 e. The summed E-state index contributed by atoms with van der Waals surface area (Å²) in [6, 6.07) is 8.54. The molecule has 0 radical (unpaired) electrons. The summed E-state index contributed by atoms with van der Waals surface area (Å²) in [7, 11) is 0. The van der Waals surface area contributed by atoms with E-state index in [1.807, 2.05) is 13.0 Å². The summed E-state index contributed by atoms with van der Waals surface area (Å²) in [4.78, 5) is 22.6. The fourth-order valence-electron chi connectivity index (χ4n) is 3.63. The van der Waals surface area contributed by atoms with Gasteiger partial charge in [-0.2, -0.15) is 4.98 Å². The molecule has 7 nitrogen and oxygen atoms in total. The van der Waals surface area contributed by atoms with Crippen LogP contribution in [0.1, 0.15) is 44.7 Å². The van der Waals surface area contributed by atoms with Crippen LogP contribution in [0.15, 0.2) is 30.5 Å². The highest BCUT2D eigenvalue weighted by atomic mass is 16.6. The van der Waals surface area contributed by atoms with E-state index in [1.54, 1.807) is 11.1 Å². The van der Waals surface area contributed by atoms with Gasteiger partial charge in [-0.15, -0.1) is 0 Å². The Hall–Kier alpha value is -2.83. The van der Waals surface area contributed by atoms with Crippen LogP contribution in [0.4, 0.5) is 22.2 Å². The van der Waals surface area contributed by atoms with Gasteiger partial charge in [0.1, 0.15) is 5.82 Å². The standard InChI is InChI=1S/C22H31N5O2/c1-4-16-8-7-9-17(5-2)20(16)25-19-10-13-23-21(26-19)24-18-11-14-27(15-12-18)22(28)29-6-3/h7-10,13,18H,4-6,11-12,14-15H2,1-3H3,(H2,23,24,25,26). The highest BCUT2D eigenvalue weighted by Crippen LogP contribution is 2.26. The Bertz CT molecular complexity index is 796. The summed E-state index contributed by atoms with van der Waals surface area (Å²) in [5.74, 6) is 1.39. The molecule has 0 unspecified atom stereocenters. The van der Waals surface area contributed by atoms with Crippen LogP contribution in [0.5, 0.6) is 0 Å². The van der Waals surface area contributed by atoms with Crippen LogP contribution in [0.2, 0.25) is 0 Å². The lowest BCUT2D eigenvalue weighted by Gasteiger charge is -2.31. The molecule has 1 aliphatic heterocycles. The van der Waals surface area contributed by atoms with Crippen molar-refractivity contribution in [2.75, 3.05) is 30.3 Å². The molecule has 0 bridgehead atoms. The van der Waals surface area contributed by atoms with Crippen LogP contribution in [-0.4, -0.2) is 46.7 Å². The SMILES string of the molecule is CCOC(=O)N1CCC(Nc2nccc(Nc3c(CC)cccc3CC)n2)CC1. The first kappa shape index (κ1) is 20.9. The Morgan fingerprint density at radius 3 is 2.45 bits per heavy atom. The van der Waals surface area contributed by atoms with Crippen LogP contribution in [0, 0.1) is 0 Å². The van der Waals surface area contributed by atoms with Gasteiger partial charge in [-0.3, -0.25) is 0 Å². The molecule has 7 heteroatoms. The van der Waals surface area contributed by atoms with Crippen molar-refractivity contribution in [2.24, 2.45) is 0 Å². The molecule has 1 amide bonds. The molecule has 156 valence electrons. The number of aryl methyl sites for hydroxylation is 2. The molecule has 2 N–H and O–H groups in total. The van der Waals surface area contributed by atoms with Crippen molar-refractivity contribution < 1.29 is 9.53 Å². The van der Waals surface area contributed by atoms with Gasteiger partial charge in [0.2, 0.25) is 5.95 Å². The smallest absolute Gasteiger partial charge is 0.409 e. The number of rotatable bonds is 7. The third-order valence-electron chi connectivity index (χ3n) is 5.26. The summed E-state index contributed by atoms with van der Waals surface area (Å²) in [5, 5.41) is 6.91. The second-order valence-electron chi connectivity index (χ2n) is 7.15. The monoisotopic (exact) mass is 397 g/mol. The van der Waals surface area contributed by atoms with E-state index in [1.165, 1.54) is 11.1 Å². The van der Waals surface area contributed by atoms with Gasteiger partial charge in [0.05, 0.1) is 6.61 Å². The second kappa shape index (κ2) is 10.1. The van der Waals surface area contributed by atoms with Crippen molar-refractivity contribution >= 4 is 23.5 Å². The maximum absolute atomic E-state index is 11.8. The van der Waals surface area contributed by atoms with Crippen molar-refractivity contribution in [1.82, 2.24) is 14.9 Å². The molecule has 0 atom stereocenters. The first-order valence-corrected chi connectivity index (χ1v) is 10.5. The van der Waals surface area contributed by atoms with Gasteiger partial charge >= 0.3 is 6.09 Å². The van der Waals surface area contributed by atoms with Gasteiger partial charge in [-0.05, 0) is 49.8 Å². The van der Waals surface area contributed by atoms with Gasteiger partial charge in [0, 0.05) is 31.0 Å². The molecular weight excluding hydrogens is 366 g/mol. The number of piperidine rings is 1. The van der Waals surface area contributed by atoms with E-state index in [4.69, 9.17) is 4.74 Å². The summed E-state index contributed by atoms with van der Waals surface area (Å²) in [5.41, 5.74) is 3.71. The number of amides is 1. The number of carbonyl (C=O) groups is 1. The quantitative estimate of drug-likeness (QED) is 0.722. The molecule has 1 aromatic heterocycles. The van der Waals surface area contributed by atoms with E-state index in [9.17, 15) is 4.79 Å². The summed E-state index contributed by atoms with van der Waals surface area (Å²) < 4.78 is 5.08. The third kappa shape index (κ3) is 5.37. The number of benzene rings is 1. The molecule has 0 aliphatic carbocycles. The van der Waals surface area contributed by atoms with E-state index in [0.717, 1.165) is 37.2 Å². The molecule has 2 heterocycles. The molecule has 1 saturated heterocycles. The number of nitrogens with one attached hydrogen (secondary N) is 2. The number of hydrogen-bond acceptors (Lipinski definition) is 6. The number of ether oxygens (including phenoxy) is 1. The maximum atomic E-state index is 11.8. The lowest BCUT2D eigenvalue weighted by atomic mass is 10.0. The maximum Gasteiger partial charge on any atom is 0.409 e. The minimum atomic E-state index is -0.227. The lowest BCUT2D eigenvalue weighted by molar-refractivity contribution is 0.0983. The van der Waals surface area contributed by atoms with Crippen LogP contribution in [0.25, 0.3) is 0 Å². The molecule has 1 aromatic carbocycles. The van der Waals surface area contributed by atoms with E-state index < -0.39 is 0 Å². The number of hydrogen-bond donors (Lipinski definition) is 2.